The summed E-state index contributed by atoms with van der Waals surface area (Å²) in [5.41, 5.74) is 0.921. The first-order valence-corrected chi connectivity index (χ1v) is 6.37. The highest BCUT2D eigenvalue weighted by Gasteiger charge is 2.10. The number of hydrogen-bond acceptors (Lipinski definition) is 5. The first-order chi connectivity index (χ1) is 8.81. The van der Waals surface area contributed by atoms with E-state index in [0.717, 1.165) is 16.6 Å². The van der Waals surface area contributed by atoms with Crippen LogP contribution in [-0.2, 0) is 11.3 Å². The van der Waals surface area contributed by atoms with E-state index in [0.29, 0.717) is 24.9 Å². The second-order valence-electron chi connectivity index (χ2n) is 3.66. The lowest BCUT2D eigenvalue weighted by Crippen LogP contribution is -2.18. The zero-order valence-electron chi connectivity index (χ0n) is 10.0. The molecule has 18 heavy (non-hydrogen) atoms. The third-order valence-corrected chi connectivity index (χ3v) is 3.03. The van der Waals surface area contributed by atoms with E-state index in [-0.39, 0.29) is 0 Å². The minimum Gasteiger partial charge on any atom is -0.383 e. The maximum atomic E-state index is 5.17. The van der Waals surface area contributed by atoms with Gasteiger partial charge in [0.15, 0.2) is 0 Å². The van der Waals surface area contributed by atoms with Gasteiger partial charge in [-0.15, -0.1) is 0 Å². The molecule has 1 heterocycles. The first-order valence-electron chi connectivity index (χ1n) is 5.58. The second kappa shape index (κ2) is 6.63. The van der Waals surface area contributed by atoms with Crippen molar-refractivity contribution in [3.63, 3.8) is 0 Å². The molecule has 6 heteroatoms. The highest BCUT2D eigenvalue weighted by molar-refractivity contribution is 9.10. The molecule has 0 amide bonds. The summed E-state index contributed by atoms with van der Waals surface area (Å²) in [6, 6.07) is 7.77. The van der Waals surface area contributed by atoms with E-state index in [1.54, 1.807) is 7.11 Å². The smallest absolute Gasteiger partial charge is 0.240 e. The molecule has 0 aliphatic rings. The zero-order valence-corrected chi connectivity index (χ0v) is 11.6. The van der Waals surface area contributed by atoms with Crippen LogP contribution >= 0.6 is 15.9 Å². The Morgan fingerprint density at radius 1 is 1.39 bits per heavy atom. The van der Waals surface area contributed by atoms with Crippen LogP contribution in [0, 0.1) is 0 Å². The van der Waals surface area contributed by atoms with E-state index in [2.05, 4.69) is 31.4 Å². The van der Waals surface area contributed by atoms with Gasteiger partial charge in [0.1, 0.15) is 0 Å². The molecular weight excluding hydrogens is 298 g/mol. The van der Waals surface area contributed by atoms with Gasteiger partial charge in [-0.1, -0.05) is 33.2 Å². The van der Waals surface area contributed by atoms with Crippen LogP contribution in [0.15, 0.2) is 33.3 Å². The van der Waals surface area contributed by atoms with E-state index in [4.69, 9.17) is 9.26 Å². The lowest BCUT2D eigenvalue weighted by atomic mass is 10.2. The van der Waals surface area contributed by atoms with Crippen LogP contribution in [0.1, 0.15) is 5.89 Å². The summed E-state index contributed by atoms with van der Waals surface area (Å²) in [6.07, 6.45) is 0. The van der Waals surface area contributed by atoms with E-state index >= 15 is 0 Å². The van der Waals surface area contributed by atoms with Crippen molar-refractivity contribution in [1.29, 1.82) is 0 Å². The first kappa shape index (κ1) is 13.2. The molecule has 1 N–H and O–H groups in total. The summed E-state index contributed by atoms with van der Waals surface area (Å²) in [7, 11) is 1.67. The Bertz CT molecular complexity index is 502. The topological polar surface area (TPSA) is 60.2 Å². The number of hydrogen-bond donors (Lipinski definition) is 1. The molecule has 2 rings (SSSR count). The number of methoxy groups -OCH3 is 1. The quantitative estimate of drug-likeness (QED) is 0.829. The van der Waals surface area contributed by atoms with Crippen molar-refractivity contribution in [3.8, 4) is 11.4 Å². The van der Waals surface area contributed by atoms with Crippen LogP contribution in [0.2, 0.25) is 0 Å². The Morgan fingerprint density at radius 3 is 3.00 bits per heavy atom. The van der Waals surface area contributed by atoms with Gasteiger partial charge in [0.25, 0.3) is 0 Å². The molecule has 0 bridgehead atoms. The maximum Gasteiger partial charge on any atom is 0.240 e. The normalized spacial score (nSPS) is 10.8. The van der Waals surface area contributed by atoms with Crippen LogP contribution in [0.25, 0.3) is 11.4 Å². The molecule has 0 atom stereocenters. The van der Waals surface area contributed by atoms with Gasteiger partial charge in [-0.2, -0.15) is 4.98 Å². The fourth-order valence-electron chi connectivity index (χ4n) is 1.45. The van der Waals surface area contributed by atoms with Gasteiger partial charge >= 0.3 is 0 Å². The number of rotatable bonds is 6. The van der Waals surface area contributed by atoms with E-state index in [9.17, 15) is 0 Å². The van der Waals surface area contributed by atoms with Crippen LogP contribution < -0.4 is 5.32 Å². The van der Waals surface area contributed by atoms with Crippen molar-refractivity contribution in [2.45, 2.75) is 6.54 Å². The Hall–Kier alpha value is -1.24. The molecule has 0 saturated carbocycles. The van der Waals surface area contributed by atoms with Gasteiger partial charge in [0.05, 0.1) is 13.2 Å². The van der Waals surface area contributed by atoms with Gasteiger partial charge in [-0.25, -0.2) is 0 Å². The van der Waals surface area contributed by atoms with E-state index in [1.807, 2.05) is 24.3 Å². The number of aromatic nitrogens is 2. The predicted molar refractivity (Wildman–Crippen MR) is 71.0 cm³/mol. The summed E-state index contributed by atoms with van der Waals surface area (Å²) in [5, 5.41) is 7.11. The van der Waals surface area contributed by atoms with Crippen LogP contribution in [0.5, 0.6) is 0 Å². The highest BCUT2D eigenvalue weighted by atomic mass is 79.9. The number of nitrogens with zero attached hydrogens (tertiary/aromatic N) is 2. The molecule has 0 aliphatic heterocycles. The van der Waals surface area contributed by atoms with Crippen LogP contribution in [0.4, 0.5) is 0 Å². The Kier molecular flexibility index (Phi) is 4.86. The predicted octanol–water partition coefficient (Wildman–Crippen LogP) is 2.24. The molecule has 0 radical (unpaired) electrons. The Labute approximate surface area is 114 Å². The van der Waals surface area contributed by atoms with Gasteiger partial charge in [-0.05, 0) is 12.1 Å². The Balaban J connectivity index is 2.00. The maximum absolute atomic E-state index is 5.17. The van der Waals surface area contributed by atoms with Crippen molar-refractivity contribution in [1.82, 2.24) is 15.5 Å². The minimum absolute atomic E-state index is 0.542. The molecular formula is C12H14BrN3O2. The van der Waals surface area contributed by atoms with Crippen molar-refractivity contribution in [2.24, 2.45) is 0 Å². The SMILES string of the molecule is COCCNCc1nc(-c2ccccc2Br)no1. The number of ether oxygens (including phenoxy) is 1. The molecule has 0 spiro atoms. The summed E-state index contributed by atoms with van der Waals surface area (Å²) in [6.45, 7) is 1.95. The summed E-state index contributed by atoms with van der Waals surface area (Å²) in [5.74, 6) is 1.16. The van der Waals surface area contributed by atoms with Gasteiger partial charge in [-0.3, -0.25) is 0 Å². The number of halogens is 1. The van der Waals surface area contributed by atoms with Crippen molar-refractivity contribution in [2.75, 3.05) is 20.3 Å². The number of nitrogens with one attached hydrogen (secondary N) is 1. The van der Waals surface area contributed by atoms with Crippen molar-refractivity contribution in [3.05, 3.63) is 34.6 Å². The van der Waals surface area contributed by atoms with Crippen LogP contribution in [-0.4, -0.2) is 30.4 Å². The monoisotopic (exact) mass is 311 g/mol. The summed E-state index contributed by atoms with van der Waals surface area (Å²) >= 11 is 3.46. The molecule has 0 saturated heterocycles. The third kappa shape index (κ3) is 3.38. The lowest BCUT2D eigenvalue weighted by molar-refractivity contribution is 0.197. The molecule has 1 aromatic heterocycles. The van der Waals surface area contributed by atoms with Crippen LogP contribution in [0.3, 0.4) is 0 Å². The molecule has 5 nitrogen and oxygen atoms in total. The average molecular weight is 312 g/mol. The molecule has 0 unspecified atom stereocenters. The van der Waals surface area contributed by atoms with Gasteiger partial charge in [0, 0.05) is 23.7 Å². The molecule has 2 aromatic rings. The molecule has 1 aromatic carbocycles. The highest BCUT2D eigenvalue weighted by Crippen LogP contribution is 2.25. The Morgan fingerprint density at radius 2 is 2.22 bits per heavy atom. The lowest BCUT2D eigenvalue weighted by Gasteiger charge is -1.99. The summed E-state index contributed by atoms with van der Waals surface area (Å²) in [4.78, 5) is 4.33. The van der Waals surface area contributed by atoms with Crippen molar-refractivity contribution < 1.29 is 9.26 Å². The zero-order chi connectivity index (χ0) is 12.8. The summed E-state index contributed by atoms with van der Waals surface area (Å²) < 4.78 is 11.1. The third-order valence-electron chi connectivity index (χ3n) is 2.34. The fraction of sp³-hybridized carbons (Fsp3) is 0.333. The minimum atomic E-state index is 0.542. The largest absolute Gasteiger partial charge is 0.383 e. The van der Waals surface area contributed by atoms with E-state index in [1.165, 1.54) is 0 Å². The fourth-order valence-corrected chi connectivity index (χ4v) is 1.91. The second-order valence-corrected chi connectivity index (χ2v) is 4.52. The van der Waals surface area contributed by atoms with Gasteiger partial charge < -0.3 is 14.6 Å². The number of benzene rings is 1. The standard InChI is InChI=1S/C12H14BrN3O2/c1-17-7-6-14-8-11-15-12(16-18-11)9-4-2-3-5-10(9)13/h2-5,14H,6-8H2,1H3. The molecule has 96 valence electrons. The van der Waals surface area contributed by atoms with Gasteiger partial charge in [0.2, 0.25) is 11.7 Å². The van der Waals surface area contributed by atoms with E-state index < -0.39 is 0 Å². The average Bonchev–Trinajstić information content (AvgIpc) is 2.84. The van der Waals surface area contributed by atoms with Crippen molar-refractivity contribution >= 4 is 15.9 Å². The molecule has 0 fully saturated rings. The molecule has 0 aliphatic carbocycles.